The number of nitrogens with zero attached hydrogens (tertiary/aromatic N) is 1. The first kappa shape index (κ1) is 9.26. The maximum absolute atomic E-state index is 5.02. The fourth-order valence-electron chi connectivity index (χ4n) is 3.07. The molecule has 3 unspecified atom stereocenters. The van der Waals surface area contributed by atoms with Gasteiger partial charge < -0.3 is 0 Å². The van der Waals surface area contributed by atoms with Gasteiger partial charge in [0.25, 0.3) is 0 Å². The summed E-state index contributed by atoms with van der Waals surface area (Å²) < 4.78 is 0. The van der Waals surface area contributed by atoms with Crippen molar-refractivity contribution < 1.29 is 0 Å². The Labute approximate surface area is 90.8 Å². The molecule has 2 saturated carbocycles. The third-order valence-electron chi connectivity index (χ3n) is 3.86. The third kappa shape index (κ3) is 1.62. The molecule has 0 amide bonds. The number of hydrogen-bond acceptors (Lipinski definition) is 2. The van der Waals surface area contributed by atoms with E-state index in [0.29, 0.717) is 6.04 Å². The van der Waals surface area contributed by atoms with Crippen LogP contribution in [0.3, 0.4) is 0 Å². The minimum Gasteiger partial charge on any atom is -0.288 e. The summed E-state index contributed by atoms with van der Waals surface area (Å²) in [6.45, 7) is 0. The summed E-state index contributed by atoms with van der Waals surface area (Å²) in [5.74, 6) is 0. The van der Waals surface area contributed by atoms with Gasteiger partial charge in [0.05, 0.1) is 6.04 Å². The molecule has 0 N–H and O–H groups in total. The lowest BCUT2D eigenvalue weighted by Crippen LogP contribution is -2.38. The predicted molar refractivity (Wildman–Crippen MR) is 63.3 cm³/mol. The number of hydrogen-bond donors (Lipinski definition) is 0. The molecule has 0 spiro atoms. The van der Waals surface area contributed by atoms with Crippen molar-refractivity contribution in [1.29, 1.82) is 0 Å². The van der Waals surface area contributed by atoms with Gasteiger partial charge in [0.1, 0.15) is 0 Å². The van der Waals surface area contributed by atoms with Gasteiger partial charge in [-0.05, 0) is 32.1 Å². The van der Waals surface area contributed by atoms with Crippen molar-refractivity contribution >= 4 is 17.5 Å². The molecule has 2 aliphatic carbocycles. The Morgan fingerprint density at radius 3 is 2.86 bits per heavy atom. The summed E-state index contributed by atoms with van der Waals surface area (Å²) in [5, 5.41) is 1.71. The van der Waals surface area contributed by atoms with E-state index in [1.807, 2.05) is 0 Å². The van der Waals surface area contributed by atoms with Gasteiger partial charge in [-0.15, -0.1) is 11.8 Å². The quantitative estimate of drug-likeness (QED) is 0.595. The van der Waals surface area contributed by atoms with Crippen molar-refractivity contribution in [2.24, 2.45) is 4.99 Å². The molecule has 1 nitrogen and oxygen atoms in total. The van der Waals surface area contributed by atoms with E-state index in [-0.39, 0.29) is 0 Å². The monoisotopic (exact) mass is 209 g/mol. The van der Waals surface area contributed by atoms with Crippen molar-refractivity contribution in [3.05, 3.63) is 0 Å². The lowest BCUT2D eigenvalue weighted by atomic mass is 9.92. The first-order valence-electron chi connectivity index (χ1n) is 6.15. The summed E-state index contributed by atoms with van der Waals surface area (Å²) in [7, 11) is 0. The molecule has 0 aromatic heterocycles. The first-order chi connectivity index (χ1) is 6.93. The van der Waals surface area contributed by atoms with Crippen LogP contribution in [-0.2, 0) is 0 Å². The Balaban J connectivity index is 1.80. The van der Waals surface area contributed by atoms with Gasteiger partial charge in [-0.3, -0.25) is 4.99 Å². The molecule has 14 heavy (non-hydrogen) atoms. The zero-order valence-electron chi connectivity index (χ0n) is 8.74. The second-order valence-electron chi connectivity index (χ2n) is 4.88. The Morgan fingerprint density at radius 1 is 1.00 bits per heavy atom. The number of thioether (sulfide) groups is 1. The van der Waals surface area contributed by atoms with E-state index in [1.165, 1.54) is 51.4 Å². The smallest absolute Gasteiger partial charge is 0.0618 e. The SMILES string of the molecule is C1CCC2SC3CCCCC3N=C2C1. The van der Waals surface area contributed by atoms with Crippen LogP contribution in [0.15, 0.2) is 4.99 Å². The molecule has 0 aromatic carbocycles. The summed E-state index contributed by atoms with van der Waals surface area (Å²) in [4.78, 5) is 5.02. The van der Waals surface area contributed by atoms with Crippen molar-refractivity contribution in [1.82, 2.24) is 0 Å². The molecule has 3 atom stereocenters. The lowest BCUT2D eigenvalue weighted by Gasteiger charge is -2.38. The van der Waals surface area contributed by atoms with E-state index in [0.717, 1.165) is 10.5 Å². The summed E-state index contributed by atoms with van der Waals surface area (Å²) in [6.07, 6.45) is 11.2. The van der Waals surface area contributed by atoms with Crippen LogP contribution in [0.1, 0.15) is 51.4 Å². The number of aliphatic imine (C=N–C) groups is 1. The van der Waals surface area contributed by atoms with Crippen LogP contribution in [0.2, 0.25) is 0 Å². The van der Waals surface area contributed by atoms with Crippen LogP contribution >= 0.6 is 11.8 Å². The van der Waals surface area contributed by atoms with Gasteiger partial charge in [-0.2, -0.15) is 0 Å². The average molecular weight is 209 g/mol. The van der Waals surface area contributed by atoms with E-state index in [4.69, 9.17) is 4.99 Å². The summed E-state index contributed by atoms with van der Waals surface area (Å²) in [5.41, 5.74) is 1.57. The predicted octanol–water partition coefficient (Wildman–Crippen LogP) is 3.43. The van der Waals surface area contributed by atoms with Crippen LogP contribution < -0.4 is 0 Å². The number of rotatable bonds is 0. The molecule has 0 radical (unpaired) electrons. The Bertz CT molecular complexity index is 249. The van der Waals surface area contributed by atoms with E-state index in [2.05, 4.69) is 11.8 Å². The highest BCUT2D eigenvalue weighted by Gasteiger charge is 2.35. The van der Waals surface area contributed by atoms with Crippen LogP contribution in [0.5, 0.6) is 0 Å². The molecule has 0 aromatic rings. The zero-order chi connectivity index (χ0) is 9.38. The fourth-order valence-corrected chi connectivity index (χ4v) is 4.81. The third-order valence-corrected chi connectivity index (χ3v) is 5.60. The van der Waals surface area contributed by atoms with Crippen LogP contribution in [0.25, 0.3) is 0 Å². The van der Waals surface area contributed by atoms with Crippen molar-refractivity contribution in [3.8, 4) is 0 Å². The molecule has 1 aliphatic heterocycles. The molecule has 0 bridgehead atoms. The molecule has 2 heteroatoms. The van der Waals surface area contributed by atoms with Crippen molar-refractivity contribution in [3.63, 3.8) is 0 Å². The Hall–Kier alpha value is 0.0200. The van der Waals surface area contributed by atoms with Crippen LogP contribution in [0.4, 0.5) is 0 Å². The van der Waals surface area contributed by atoms with Gasteiger partial charge in [0, 0.05) is 16.2 Å². The van der Waals surface area contributed by atoms with Gasteiger partial charge in [-0.25, -0.2) is 0 Å². The highest BCUT2D eigenvalue weighted by atomic mass is 32.2. The molecule has 3 rings (SSSR count). The normalized spacial score (nSPS) is 42.3. The van der Waals surface area contributed by atoms with Gasteiger partial charge in [0.2, 0.25) is 0 Å². The molecular formula is C12H19NS. The van der Waals surface area contributed by atoms with E-state index < -0.39 is 0 Å². The van der Waals surface area contributed by atoms with Crippen LogP contribution in [0, 0.1) is 0 Å². The maximum atomic E-state index is 5.02. The highest BCUT2D eigenvalue weighted by Crippen LogP contribution is 2.41. The Morgan fingerprint density at radius 2 is 1.86 bits per heavy atom. The average Bonchev–Trinajstić information content (AvgIpc) is 2.26. The number of fused-ring (bicyclic) bond motifs is 2. The molecular weight excluding hydrogens is 190 g/mol. The molecule has 2 fully saturated rings. The van der Waals surface area contributed by atoms with E-state index >= 15 is 0 Å². The standard InChI is InChI=1S/C12H19NS/c1-3-7-11-9(5-1)13-10-6-2-4-8-12(10)14-11/h9,11-12H,1-8H2. The summed E-state index contributed by atoms with van der Waals surface area (Å²) >= 11 is 2.27. The largest absolute Gasteiger partial charge is 0.288 e. The maximum Gasteiger partial charge on any atom is 0.0618 e. The van der Waals surface area contributed by atoms with Crippen molar-refractivity contribution in [2.75, 3.05) is 0 Å². The Kier molecular flexibility index (Phi) is 2.57. The van der Waals surface area contributed by atoms with Crippen molar-refractivity contribution in [2.45, 2.75) is 67.9 Å². The molecule has 1 heterocycles. The van der Waals surface area contributed by atoms with Gasteiger partial charge in [0.15, 0.2) is 0 Å². The van der Waals surface area contributed by atoms with Gasteiger partial charge >= 0.3 is 0 Å². The fraction of sp³-hybridized carbons (Fsp3) is 0.917. The van der Waals surface area contributed by atoms with Gasteiger partial charge in [-0.1, -0.05) is 19.3 Å². The molecule has 3 aliphatic rings. The van der Waals surface area contributed by atoms with Crippen LogP contribution in [-0.4, -0.2) is 22.3 Å². The molecule has 0 saturated heterocycles. The second kappa shape index (κ2) is 3.88. The van der Waals surface area contributed by atoms with E-state index in [1.54, 1.807) is 5.71 Å². The highest BCUT2D eigenvalue weighted by molar-refractivity contribution is 8.01. The summed E-state index contributed by atoms with van der Waals surface area (Å²) in [6, 6.07) is 0.707. The topological polar surface area (TPSA) is 12.4 Å². The van der Waals surface area contributed by atoms with E-state index in [9.17, 15) is 0 Å². The lowest BCUT2D eigenvalue weighted by molar-refractivity contribution is 0.446. The minimum absolute atomic E-state index is 0.707. The molecule has 78 valence electrons. The zero-order valence-corrected chi connectivity index (χ0v) is 9.56. The first-order valence-corrected chi connectivity index (χ1v) is 7.10. The second-order valence-corrected chi connectivity index (χ2v) is 6.33. The minimum atomic E-state index is 0.707.